The van der Waals surface area contributed by atoms with Crippen molar-refractivity contribution in [2.24, 2.45) is 11.7 Å². The van der Waals surface area contributed by atoms with E-state index < -0.39 is 23.3 Å². The number of Topliss-reactive ketones (excluding diaryl/α,β-unsaturated/α-hetero) is 1. The van der Waals surface area contributed by atoms with Crippen LogP contribution in [0.4, 0.5) is 17.6 Å². The molecule has 1 unspecified atom stereocenters. The molecule has 1 atom stereocenters. The number of benzene rings is 1. The van der Waals surface area contributed by atoms with Crippen molar-refractivity contribution in [3.63, 3.8) is 0 Å². The zero-order valence-corrected chi connectivity index (χ0v) is 9.72. The summed E-state index contributed by atoms with van der Waals surface area (Å²) in [6.45, 7) is 2.02. The van der Waals surface area contributed by atoms with Gasteiger partial charge in [0.15, 0.2) is 5.78 Å². The SMILES string of the molecule is CC(CN)CC(=O)c1ccc(C(F)(F)F)c(F)c1. The lowest BCUT2D eigenvalue weighted by atomic mass is 9.99. The lowest BCUT2D eigenvalue weighted by molar-refractivity contribution is -0.140. The molecule has 1 aromatic carbocycles. The largest absolute Gasteiger partial charge is 0.419 e. The minimum absolute atomic E-state index is 0.0687. The van der Waals surface area contributed by atoms with Crippen LogP contribution >= 0.6 is 0 Å². The first-order valence-corrected chi connectivity index (χ1v) is 5.35. The standard InChI is InChI=1S/C12H13F4NO/c1-7(6-17)4-11(18)8-2-3-9(10(13)5-8)12(14,15)16/h2-3,5,7H,4,6,17H2,1H3. The molecular weight excluding hydrogens is 250 g/mol. The van der Waals surface area contributed by atoms with E-state index in [0.717, 1.165) is 6.07 Å². The van der Waals surface area contributed by atoms with Crippen LogP contribution < -0.4 is 5.73 Å². The Labute approximate surface area is 102 Å². The van der Waals surface area contributed by atoms with E-state index in [4.69, 9.17) is 5.73 Å². The normalized spacial score (nSPS) is 13.4. The van der Waals surface area contributed by atoms with E-state index in [-0.39, 0.29) is 24.4 Å². The fraction of sp³-hybridized carbons (Fsp3) is 0.417. The number of hydrogen-bond donors (Lipinski definition) is 1. The van der Waals surface area contributed by atoms with Crippen LogP contribution in [-0.2, 0) is 6.18 Å². The van der Waals surface area contributed by atoms with Crippen LogP contribution in [0.15, 0.2) is 18.2 Å². The molecule has 0 aliphatic carbocycles. The van der Waals surface area contributed by atoms with Crippen molar-refractivity contribution in [3.05, 3.63) is 35.1 Å². The molecule has 1 rings (SSSR count). The maximum atomic E-state index is 13.2. The number of rotatable bonds is 4. The fourth-order valence-corrected chi connectivity index (χ4v) is 1.44. The van der Waals surface area contributed by atoms with Crippen molar-refractivity contribution >= 4 is 5.78 Å². The number of hydrogen-bond acceptors (Lipinski definition) is 2. The number of halogens is 4. The Balaban J connectivity index is 2.94. The van der Waals surface area contributed by atoms with Crippen LogP contribution in [0.3, 0.4) is 0 Å². The number of carbonyl (C=O) groups excluding carboxylic acids is 1. The van der Waals surface area contributed by atoms with Crippen molar-refractivity contribution < 1.29 is 22.4 Å². The topological polar surface area (TPSA) is 43.1 Å². The van der Waals surface area contributed by atoms with Gasteiger partial charge in [0.05, 0.1) is 5.56 Å². The molecule has 0 aromatic heterocycles. The molecule has 1 aromatic rings. The zero-order valence-electron chi connectivity index (χ0n) is 9.72. The molecule has 0 saturated heterocycles. The zero-order chi connectivity index (χ0) is 13.9. The highest BCUT2D eigenvalue weighted by Crippen LogP contribution is 2.31. The molecule has 0 radical (unpaired) electrons. The van der Waals surface area contributed by atoms with Gasteiger partial charge in [0.25, 0.3) is 0 Å². The number of ketones is 1. The number of carbonyl (C=O) groups is 1. The average Bonchev–Trinajstić information content (AvgIpc) is 2.26. The molecule has 2 nitrogen and oxygen atoms in total. The first-order chi connectivity index (χ1) is 8.25. The summed E-state index contributed by atoms with van der Waals surface area (Å²) >= 11 is 0. The van der Waals surface area contributed by atoms with E-state index in [0.29, 0.717) is 12.1 Å². The molecule has 0 bridgehead atoms. The Bertz CT molecular complexity index is 442. The van der Waals surface area contributed by atoms with Crippen LogP contribution in [-0.4, -0.2) is 12.3 Å². The van der Waals surface area contributed by atoms with E-state index in [9.17, 15) is 22.4 Å². The number of alkyl halides is 3. The summed E-state index contributed by atoms with van der Waals surface area (Å²) in [5.41, 5.74) is 3.90. The van der Waals surface area contributed by atoms with E-state index in [1.54, 1.807) is 6.92 Å². The maximum absolute atomic E-state index is 13.2. The molecule has 6 heteroatoms. The first-order valence-electron chi connectivity index (χ1n) is 5.35. The van der Waals surface area contributed by atoms with Gasteiger partial charge >= 0.3 is 6.18 Å². The molecule has 0 fully saturated rings. The van der Waals surface area contributed by atoms with Gasteiger partial charge in [0.1, 0.15) is 5.82 Å². The second kappa shape index (κ2) is 5.48. The molecule has 0 spiro atoms. The lowest BCUT2D eigenvalue weighted by Crippen LogP contribution is -2.16. The summed E-state index contributed by atoms with van der Waals surface area (Å²) in [6, 6.07) is 2.18. The highest BCUT2D eigenvalue weighted by Gasteiger charge is 2.34. The van der Waals surface area contributed by atoms with Crippen molar-refractivity contribution in [2.45, 2.75) is 19.5 Å². The van der Waals surface area contributed by atoms with Gasteiger partial charge in [0, 0.05) is 12.0 Å². The van der Waals surface area contributed by atoms with Gasteiger partial charge in [-0.2, -0.15) is 13.2 Å². The molecular formula is C12H13F4NO. The monoisotopic (exact) mass is 263 g/mol. The van der Waals surface area contributed by atoms with Gasteiger partial charge in [-0.1, -0.05) is 13.0 Å². The smallest absolute Gasteiger partial charge is 0.330 e. The average molecular weight is 263 g/mol. The van der Waals surface area contributed by atoms with Crippen LogP contribution in [0.2, 0.25) is 0 Å². The third kappa shape index (κ3) is 3.53. The highest BCUT2D eigenvalue weighted by atomic mass is 19.4. The molecule has 0 saturated carbocycles. The van der Waals surface area contributed by atoms with Gasteiger partial charge < -0.3 is 5.73 Å². The van der Waals surface area contributed by atoms with Crippen LogP contribution in [0.5, 0.6) is 0 Å². The highest BCUT2D eigenvalue weighted by molar-refractivity contribution is 5.96. The summed E-state index contributed by atoms with van der Waals surface area (Å²) < 4.78 is 50.1. The summed E-state index contributed by atoms with van der Waals surface area (Å²) in [7, 11) is 0. The molecule has 0 aliphatic rings. The molecule has 2 N–H and O–H groups in total. The third-order valence-electron chi connectivity index (χ3n) is 2.53. The number of nitrogens with two attached hydrogens (primary N) is 1. The third-order valence-corrected chi connectivity index (χ3v) is 2.53. The lowest BCUT2D eigenvalue weighted by Gasteiger charge is -2.10. The second-order valence-corrected chi connectivity index (χ2v) is 4.16. The van der Waals surface area contributed by atoms with Gasteiger partial charge in [-0.15, -0.1) is 0 Å². The minimum Gasteiger partial charge on any atom is -0.330 e. The Kier molecular flexibility index (Phi) is 4.45. The molecule has 0 amide bonds. The van der Waals surface area contributed by atoms with Crippen molar-refractivity contribution in [1.82, 2.24) is 0 Å². The van der Waals surface area contributed by atoms with Gasteiger partial charge in [-0.25, -0.2) is 4.39 Å². The summed E-state index contributed by atoms with van der Waals surface area (Å²) in [4.78, 5) is 11.6. The first kappa shape index (κ1) is 14.6. The summed E-state index contributed by atoms with van der Waals surface area (Å²) in [5.74, 6) is -1.95. The van der Waals surface area contributed by atoms with Gasteiger partial charge in [0.2, 0.25) is 0 Å². The molecule has 0 heterocycles. The molecule has 100 valence electrons. The van der Waals surface area contributed by atoms with Crippen molar-refractivity contribution in [1.29, 1.82) is 0 Å². The predicted molar refractivity (Wildman–Crippen MR) is 58.6 cm³/mol. The van der Waals surface area contributed by atoms with Crippen LogP contribution in [0.1, 0.15) is 29.3 Å². The van der Waals surface area contributed by atoms with Crippen LogP contribution in [0, 0.1) is 11.7 Å². The van der Waals surface area contributed by atoms with Crippen molar-refractivity contribution in [3.8, 4) is 0 Å². The second-order valence-electron chi connectivity index (χ2n) is 4.16. The maximum Gasteiger partial charge on any atom is 0.419 e. The van der Waals surface area contributed by atoms with Crippen molar-refractivity contribution in [2.75, 3.05) is 6.54 Å². The Morgan fingerprint density at radius 1 is 1.39 bits per heavy atom. The van der Waals surface area contributed by atoms with E-state index in [2.05, 4.69) is 0 Å². The summed E-state index contributed by atoms with van der Waals surface area (Å²) in [5, 5.41) is 0. The van der Waals surface area contributed by atoms with Crippen LogP contribution in [0.25, 0.3) is 0 Å². The minimum atomic E-state index is -4.75. The quantitative estimate of drug-likeness (QED) is 0.670. The molecule has 18 heavy (non-hydrogen) atoms. The van der Waals surface area contributed by atoms with E-state index >= 15 is 0 Å². The predicted octanol–water partition coefficient (Wildman–Crippen LogP) is 3.01. The van der Waals surface area contributed by atoms with Gasteiger partial charge in [-0.05, 0) is 24.6 Å². The Hall–Kier alpha value is -1.43. The van der Waals surface area contributed by atoms with E-state index in [1.165, 1.54) is 0 Å². The van der Waals surface area contributed by atoms with E-state index in [1.807, 2.05) is 0 Å². The fourth-order valence-electron chi connectivity index (χ4n) is 1.44. The molecule has 0 aliphatic heterocycles. The Morgan fingerprint density at radius 2 is 2.00 bits per heavy atom. The summed E-state index contributed by atoms with van der Waals surface area (Å²) in [6.07, 6.45) is -4.67. The Morgan fingerprint density at radius 3 is 2.44 bits per heavy atom. The van der Waals surface area contributed by atoms with Gasteiger partial charge in [-0.3, -0.25) is 4.79 Å².